The van der Waals surface area contributed by atoms with Gasteiger partial charge in [-0.15, -0.1) is 0 Å². The fourth-order valence-electron chi connectivity index (χ4n) is 2.11. The molecule has 1 atom stereocenters. The molecular formula is C13H26N2O2. The topological polar surface area (TPSA) is 41.6 Å². The van der Waals surface area contributed by atoms with E-state index < -0.39 is 0 Å². The average Bonchev–Trinajstić information content (AvgIpc) is 2.69. The van der Waals surface area contributed by atoms with Crippen LogP contribution in [-0.4, -0.2) is 48.7 Å². The molecule has 4 heteroatoms. The first-order valence-corrected chi connectivity index (χ1v) is 6.57. The second-order valence-electron chi connectivity index (χ2n) is 5.63. The lowest BCUT2D eigenvalue weighted by Gasteiger charge is -2.23. The summed E-state index contributed by atoms with van der Waals surface area (Å²) in [5.41, 5.74) is -0.250. The summed E-state index contributed by atoms with van der Waals surface area (Å²) in [5.74, 6) is -0.0112. The molecule has 4 nitrogen and oxygen atoms in total. The van der Waals surface area contributed by atoms with Gasteiger partial charge >= 0.3 is 0 Å². The molecule has 0 aromatic rings. The van der Waals surface area contributed by atoms with Gasteiger partial charge < -0.3 is 10.1 Å². The second kappa shape index (κ2) is 6.36. The largest absolute Gasteiger partial charge is 0.366 e. The zero-order valence-corrected chi connectivity index (χ0v) is 11.6. The molecule has 0 bridgehead atoms. The molecule has 0 radical (unpaired) electrons. The predicted octanol–water partition coefficient (Wildman–Crippen LogP) is 1.40. The van der Waals surface area contributed by atoms with Gasteiger partial charge in [-0.25, -0.2) is 0 Å². The van der Waals surface area contributed by atoms with Crippen molar-refractivity contribution in [1.29, 1.82) is 0 Å². The number of carbonyl (C=O) groups excluding carboxylic acids is 1. The number of likely N-dealkylation sites (N-methyl/N-ethyl adjacent to an activating group) is 1. The van der Waals surface area contributed by atoms with E-state index in [0.717, 1.165) is 19.6 Å². The van der Waals surface area contributed by atoms with Gasteiger partial charge in [-0.1, -0.05) is 6.92 Å². The summed E-state index contributed by atoms with van der Waals surface area (Å²) in [4.78, 5) is 14.0. The fraction of sp³-hybridized carbons (Fsp3) is 0.923. The van der Waals surface area contributed by atoms with Crippen LogP contribution in [0.15, 0.2) is 0 Å². The molecule has 1 amide bonds. The number of nitrogens with zero attached hydrogens (tertiary/aromatic N) is 1. The number of hydrogen-bond acceptors (Lipinski definition) is 3. The van der Waals surface area contributed by atoms with Gasteiger partial charge in [-0.2, -0.15) is 0 Å². The first-order chi connectivity index (χ1) is 7.92. The highest BCUT2D eigenvalue weighted by molar-refractivity contribution is 5.77. The Hall–Kier alpha value is -0.610. The lowest BCUT2D eigenvalue weighted by atomic mass is 10.2. The molecule has 100 valence electrons. The summed E-state index contributed by atoms with van der Waals surface area (Å²) in [7, 11) is 0. The Morgan fingerprint density at radius 2 is 2.18 bits per heavy atom. The quantitative estimate of drug-likeness (QED) is 0.792. The molecular weight excluding hydrogens is 216 g/mol. The summed E-state index contributed by atoms with van der Waals surface area (Å²) in [6, 6.07) is 0.513. The summed E-state index contributed by atoms with van der Waals surface area (Å²) >= 11 is 0. The zero-order valence-electron chi connectivity index (χ0n) is 11.6. The molecule has 0 saturated carbocycles. The van der Waals surface area contributed by atoms with E-state index in [0.29, 0.717) is 6.04 Å². The number of likely N-dealkylation sites (tertiary alicyclic amines) is 1. The van der Waals surface area contributed by atoms with Gasteiger partial charge in [-0.05, 0) is 46.7 Å². The maximum atomic E-state index is 11.6. The van der Waals surface area contributed by atoms with Crippen LogP contribution in [-0.2, 0) is 9.53 Å². The number of carbonyl (C=O) groups is 1. The van der Waals surface area contributed by atoms with Crippen molar-refractivity contribution < 1.29 is 9.53 Å². The lowest BCUT2D eigenvalue weighted by molar-refractivity contribution is -0.130. The van der Waals surface area contributed by atoms with Gasteiger partial charge in [0.2, 0.25) is 5.91 Å². The molecule has 1 unspecified atom stereocenters. The van der Waals surface area contributed by atoms with Crippen molar-refractivity contribution in [2.45, 2.75) is 52.2 Å². The number of ether oxygens (including phenoxy) is 1. The standard InChI is InChI=1S/C13H26N2O2/c1-5-15-8-6-7-11(15)9-14-12(16)10-17-13(2,3)4/h11H,5-10H2,1-4H3,(H,14,16). The van der Waals surface area contributed by atoms with Crippen molar-refractivity contribution in [3.63, 3.8) is 0 Å². The summed E-state index contributed by atoms with van der Waals surface area (Å²) in [6.45, 7) is 11.2. The SMILES string of the molecule is CCN1CCCC1CNC(=O)COC(C)(C)C. The maximum Gasteiger partial charge on any atom is 0.246 e. The van der Waals surface area contributed by atoms with Crippen LogP contribution in [0.4, 0.5) is 0 Å². The predicted molar refractivity (Wildman–Crippen MR) is 69.0 cm³/mol. The molecule has 0 aromatic carbocycles. The molecule has 1 aliphatic rings. The van der Waals surface area contributed by atoms with Crippen LogP contribution in [0, 0.1) is 0 Å². The third kappa shape index (κ3) is 5.50. The lowest BCUT2D eigenvalue weighted by Crippen LogP contribution is -2.41. The molecule has 1 heterocycles. The van der Waals surface area contributed by atoms with Crippen LogP contribution >= 0.6 is 0 Å². The minimum atomic E-state index is -0.250. The molecule has 0 aliphatic carbocycles. The van der Waals surface area contributed by atoms with Gasteiger partial charge in [0.05, 0.1) is 5.60 Å². The Bertz CT molecular complexity index is 248. The number of amides is 1. The first-order valence-electron chi connectivity index (χ1n) is 6.57. The average molecular weight is 242 g/mol. The Morgan fingerprint density at radius 1 is 1.47 bits per heavy atom. The number of nitrogens with one attached hydrogen (secondary N) is 1. The second-order valence-corrected chi connectivity index (χ2v) is 5.63. The fourth-order valence-corrected chi connectivity index (χ4v) is 2.11. The molecule has 1 fully saturated rings. The van der Waals surface area contributed by atoms with Crippen LogP contribution < -0.4 is 5.32 Å². The van der Waals surface area contributed by atoms with Crippen molar-refractivity contribution in [2.24, 2.45) is 0 Å². The van der Waals surface area contributed by atoms with E-state index in [9.17, 15) is 4.79 Å². The van der Waals surface area contributed by atoms with Gasteiger partial charge in [0.1, 0.15) is 6.61 Å². The highest BCUT2D eigenvalue weighted by atomic mass is 16.5. The Labute approximate surface area is 105 Å². The highest BCUT2D eigenvalue weighted by Gasteiger charge is 2.23. The van der Waals surface area contributed by atoms with E-state index in [1.165, 1.54) is 12.8 Å². The van der Waals surface area contributed by atoms with Crippen LogP contribution in [0.25, 0.3) is 0 Å². The van der Waals surface area contributed by atoms with Crippen LogP contribution in [0.5, 0.6) is 0 Å². The normalized spacial score (nSPS) is 21.8. The Morgan fingerprint density at radius 3 is 2.76 bits per heavy atom. The Balaban J connectivity index is 2.19. The molecule has 1 saturated heterocycles. The van der Waals surface area contributed by atoms with E-state index in [1.54, 1.807) is 0 Å². The minimum Gasteiger partial charge on any atom is -0.366 e. The van der Waals surface area contributed by atoms with E-state index in [-0.39, 0.29) is 18.1 Å². The van der Waals surface area contributed by atoms with E-state index in [2.05, 4.69) is 17.1 Å². The van der Waals surface area contributed by atoms with Crippen molar-refractivity contribution in [3.8, 4) is 0 Å². The van der Waals surface area contributed by atoms with E-state index >= 15 is 0 Å². The van der Waals surface area contributed by atoms with Crippen molar-refractivity contribution in [2.75, 3.05) is 26.2 Å². The molecule has 0 aromatic heterocycles. The first kappa shape index (κ1) is 14.5. The number of rotatable bonds is 5. The smallest absolute Gasteiger partial charge is 0.246 e. The van der Waals surface area contributed by atoms with Crippen molar-refractivity contribution in [3.05, 3.63) is 0 Å². The summed E-state index contributed by atoms with van der Waals surface area (Å²) in [5, 5.41) is 2.96. The molecule has 1 aliphatic heterocycles. The van der Waals surface area contributed by atoms with Gasteiger partial charge in [0.25, 0.3) is 0 Å². The number of hydrogen-bond donors (Lipinski definition) is 1. The van der Waals surface area contributed by atoms with Gasteiger partial charge in [-0.3, -0.25) is 9.69 Å². The van der Waals surface area contributed by atoms with E-state index in [4.69, 9.17) is 4.74 Å². The third-order valence-electron chi connectivity index (χ3n) is 3.08. The molecule has 17 heavy (non-hydrogen) atoms. The molecule has 0 spiro atoms. The molecule has 1 N–H and O–H groups in total. The third-order valence-corrected chi connectivity index (χ3v) is 3.08. The Kier molecular flexibility index (Phi) is 5.40. The zero-order chi connectivity index (χ0) is 12.9. The van der Waals surface area contributed by atoms with Crippen molar-refractivity contribution >= 4 is 5.91 Å². The monoisotopic (exact) mass is 242 g/mol. The summed E-state index contributed by atoms with van der Waals surface area (Å²) in [6.07, 6.45) is 2.43. The van der Waals surface area contributed by atoms with Gasteiger partial charge in [0.15, 0.2) is 0 Å². The summed E-state index contributed by atoms with van der Waals surface area (Å²) < 4.78 is 5.43. The van der Waals surface area contributed by atoms with Crippen LogP contribution in [0.1, 0.15) is 40.5 Å². The molecule has 1 rings (SSSR count). The maximum absolute atomic E-state index is 11.6. The van der Waals surface area contributed by atoms with Crippen molar-refractivity contribution in [1.82, 2.24) is 10.2 Å². The van der Waals surface area contributed by atoms with Crippen LogP contribution in [0.2, 0.25) is 0 Å². The van der Waals surface area contributed by atoms with Gasteiger partial charge in [0, 0.05) is 12.6 Å². The highest BCUT2D eigenvalue weighted by Crippen LogP contribution is 2.15. The minimum absolute atomic E-state index is 0.0112. The van der Waals surface area contributed by atoms with E-state index in [1.807, 2.05) is 20.8 Å². The van der Waals surface area contributed by atoms with Crippen LogP contribution in [0.3, 0.4) is 0 Å².